The van der Waals surface area contributed by atoms with Gasteiger partial charge in [-0.2, -0.15) is 0 Å². The molecular weight excluding hydrogens is 282 g/mol. The Kier molecular flexibility index (Phi) is 5.87. The van der Waals surface area contributed by atoms with E-state index in [1.54, 1.807) is 7.11 Å². The molecule has 4 nitrogen and oxygen atoms in total. The Morgan fingerprint density at radius 1 is 1.10 bits per heavy atom. The van der Waals surface area contributed by atoms with Crippen molar-refractivity contribution < 1.29 is 4.74 Å². The number of hydrogen-bond acceptors (Lipinski definition) is 3. The quantitative estimate of drug-likeness (QED) is 0.584. The van der Waals surface area contributed by atoms with Crippen LogP contribution in [0.4, 0.5) is 5.69 Å². The maximum Gasteiger partial charge on any atom is 0.189 e. The second kappa shape index (κ2) is 7.88. The van der Waals surface area contributed by atoms with Gasteiger partial charge in [0.05, 0.1) is 12.8 Å². The van der Waals surface area contributed by atoms with Crippen molar-refractivity contribution in [1.29, 1.82) is 0 Å². The first kappa shape index (κ1) is 15.6. The Morgan fingerprint density at radius 3 is 2.52 bits per heavy atom. The van der Waals surface area contributed by atoms with E-state index < -0.39 is 0 Å². The Morgan fingerprint density at radius 2 is 1.81 bits per heavy atom. The van der Waals surface area contributed by atoms with E-state index in [0.717, 1.165) is 11.4 Å². The first-order chi connectivity index (χ1) is 10.2. The largest absolute Gasteiger partial charge is 0.495 e. The molecule has 3 N–H and O–H groups in total. The van der Waals surface area contributed by atoms with Crippen LogP contribution in [0.15, 0.2) is 35.5 Å². The van der Waals surface area contributed by atoms with Crippen LogP contribution in [-0.2, 0) is 0 Å². The minimum Gasteiger partial charge on any atom is -0.495 e. The minimum atomic E-state index is 0.523. The molecule has 0 saturated heterocycles. The van der Waals surface area contributed by atoms with Gasteiger partial charge in [-0.05, 0) is 62.5 Å². The van der Waals surface area contributed by atoms with Crippen molar-refractivity contribution in [1.82, 2.24) is 10.9 Å². The van der Waals surface area contributed by atoms with Gasteiger partial charge in [0.2, 0.25) is 0 Å². The van der Waals surface area contributed by atoms with Crippen molar-refractivity contribution in [2.45, 2.75) is 39.0 Å². The molecule has 1 saturated carbocycles. The fourth-order valence-corrected chi connectivity index (χ4v) is 2.65. The summed E-state index contributed by atoms with van der Waals surface area (Å²) in [6.07, 6.45) is 6.30. The molecule has 0 radical (unpaired) electrons. The maximum atomic E-state index is 5.30. The van der Waals surface area contributed by atoms with Gasteiger partial charge in [0.25, 0.3) is 0 Å². The monoisotopic (exact) mass is 305 g/mol. The van der Waals surface area contributed by atoms with Crippen LogP contribution in [0.1, 0.15) is 39.0 Å². The highest BCUT2D eigenvalue weighted by molar-refractivity contribution is 7.80. The lowest BCUT2D eigenvalue weighted by Gasteiger charge is -2.20. The summed E-state index contributed by atoms with van der Waals surface area (Å²) < 4.78 is 5.29. The number of hydrazine groups is 1. The number of benzene rings is 1. The average molecular weight is 305 g/mol. The first-order valence-electron chi connectivity index (χ1n) is 7.35. The number of para-hydroxylation sites is 2. The van der Waals surface area contributed by atoms with Crippen molar-refractivity contribution in [3.63, 3.8) is 0 Å². The smallest absolute Gasteiger partial charge is 0.189 e. The second-order valence-corrected chi connectivity index (χ2v) is 5.60. The Hall–Kier alpha value is -1.75. The molecule has 1 aromatic carbocycles. The van der Waals surface area contributed by atoms with E-state index in [9.17, 15) is 0 Å². The Labute approximate surface area is 131 Å². The SMILES string of the molecule is COc1ccccc1NC(=S)NNC(C)=C1CCCCC1. The van der Waals surface area contributed by atoms with E-state index in [1.807, 2.05) is 24.3 Å². The molecular formula is C16H23N3OS. The summed E-state index contributed by atoms with van der Waals surface area (Å²) in [5, 5.41) is 3.65. The van der Waals surface area contributed by atoms with E-state index in [2.05, 4.69) is 23.1 Å². The lowest BCUT2D eigenvalue weighted by molar-refractivity contribution is 0.417. The molecule has 114 valence electrons. The molecule has 0 heterocycles. The molecule has 0 aliphatic heterocycles. The number of allylic oxidation sites excluding steroid dienone is 2. The molecule has 0 bridgehead atoms. The van der Waals surface area contributed by atoms with Crippen LogP contribution in [0.25, 0.3) is 0 Å². The van der Waals surface area contributed by atoms with Crippen LogP contribution in [0.5, 0.6) is 5.75 Å². The number of hydrogen-bond donors (Lipinski definition) is 3. The van der Waals surface area contributed by atoms with Crippen LogP contribution in [0, 0.1) is 0 Å². The molecule has 0 amide bonds. The summed E-state index contributed by atoms with van der Waals surface area (Å²) in [6, 6.07) is 7.69. The summed E-state index contributed by atoms with van der Waals surface area (Å²) in [7, 11) is 1.65. The lowest BCUT2D eigenvalue weighted by Crippen LogP contribution is -2.39. The summed E-state index contributed by atoms with van der Waals surface area (Å²) in [5.41, 5.74) is 9.75. The second-order valence-electron chi connectivity index (χ2n) is 5.19. The first-order valence-corrected chi connectivity index (χ1v) is 7.76. The van der Waals surface area contributed by atoms with E-state index in [4.69, 9.17) is 17.0 Å². The highest BCUT2D eigenvalue weighted by atomic mass is 32.1. The normalized spacial score (nSPS) is 14.3. The summed E-state index contributed by atoms with van der Waals surface area (Å²) >= 11 is 5.30. The van der Waals surface area contributed by atoms with E-state index in [0.29, 0.717) is 5.11 Å². The van der Waals surface area contributed by atoms with Gasteiger partial charge in [0.15, 0.2) is 5.11 Å². The standard InChI is InChI=1S/C16H23N3OS/c1-12(13-8-4-3-5-9-13)18-19-16(21)17-14-10-6-7-11-15(14)20-2/h6-7,10-11,18H,3-5,8-9H2,1-2H3,(H2,17,19,21). The molecule has 5 heteroatoms. The van der Waals surface area contributed by atoms with E-state index in [-0.39, 0.29) is 0 Å². The van der Waals surface area contributed by atoms with Crippen LogP contribution < -0.4 is 20.9 Å². The molecule has 1 fully saturated rings. The summed E-state index contributed by atoms with van der Waals surface area (Å²) in [5.74, 6) is 0.768. The topological polar surface area (TPSA) is 45.3 Å². The van der Waals surface area contributed by atoms with Gasteiger partial charge < -0.3 is 15.5 Å². The summed E-state index contributed by atoms with van der Waals surface area (Å²) in [4.78, 5) is 0. The lowest BCUT2D eigenvalue weighted by atomic mass is 9.94. The van der Waals surface area contributed by atoms with Crippen molar-refractivity contribution >= 4 is 23.0 Å². The molecule has 1 aliphatic carbocycles. The number of methoxy groups -OCH3 is 1. The molecule has 0 atom stereocenters. The molecule has 0 aromatic heterocycles. The molecule has 1 aromatic rings. The predicted molar refractivity (Wildman–Crippen MR) is 91.3 cm³/mol. The van der Waals surface area contributed by atoms with Crippen molar-refractivity contribution in [3.8, 4) is 5.75 Å². The van der Waals surface area contributed by atoms with Gasteiger partial charge in [-0.15, -0.1) is 0 Å². The van der Waals surface area contributed by atoms with Gasteiger partial charge in [0.1, 0.15) is 5.75 Å². The van der Waals surface area contributed by atoms with Gasteiger partial charge in [-0.3, -0.25) is 5.43 Å². The van der Waals surface area contributed by atoms with Gasteiger partial charge in [0, 0.05) is 5.70 Å². The van der Waals surface area contributed by atoms with Gasteiger partial charge in [-0.1, -0.05) is 18.6 Å². The van der Waals surface area contributed by atoms with Crippen molar-refractivity contribution in [2.24, 2.45) is 0 Å². The zero-order valence-electron chi connectivity index (χ0n) is 12.7. The highest BCUT2D eigenvalue weighted by Crippen LogP contribution is 2.24. The fourth-order valence-electron chi connectivity index (χ4n) is 2.49. The molecule has 1 aliphatic rings. The van der Waals surface area contributed by atoms with Crippen LogP contribution in [-0.4, -0.2) is 12.2 Å². The zero-order chi connectivity index (χ0) is 15.1. The minimum absolute atomic E-state index is 0.523. The van der Waals surface area contributed by atoms with Crippen molar-refractivity contribution in [3.05, 3.63) is 35.5 Å². The Balaban J connectivity index is 1.87. The van der Waals surface area contributed by atoms with E-state index in [1.165, 1.54) is 43.4 Å². The average Bonchev–Trinajstić information content (AvgIpc) is 2.54. The molecule has 0 unspecified atom stereocenters. The summed E-state index contributed by atoms with van der Waals surface area (Å²) in [6.45, 7) is 2.10. The number of thiocarbonyl (C=S) groups is 1. The number of nitrogens with one attached hydrogen (secondary N) is 3. The van der Waals surface area contributed by atoms with E-state index >= 15 is 0 Å². The molecule has 0 spiro atoms. The molecule has 21 heavy (non-hydrogen) atoms. The molecule has 2 rings (SSSR count). The van der Waals surface area contributed by atoms with Crippen LogP contribution in [0.2, 0.25) is 0 Å². The van der Waals surface area contributed by atoms with Crippen LogP contribution in [0.3, 0.4) is 0 Å². The van der Waals surface area contributed by atoms with Gasteiger partial charge in [-0.25, -0.2) is 0 Å². The number of anilines is 1. The van der Waals surface area contributed by atoms with Crippen molar-refractivity contribution in [2.75, 3.05) is 12.4 Å². The third kappa shape index (κ3) is 4.63. The van der Waals surface area contributed by atoms with Gasteiger partial charge >= 0.3 is 0 Å². The maximum absolute atomic E-state index is 5.30. The highest BCUT2D eigenvalue weighted by Gasteiger charge is 2.09. The third-order valence-corrected chi connectivity index (χ3v) is 3.91. The fraction of sp³-hybridized carbons (Fsp3) is 0.438. The predicted octanol–water partition coefficient (Wildman–Crippen LogP) is 3.72. The number of rotatable bonds is 4. The Bertz CT molecular complexity index is 520. The third-order valence-electron chi connectivity index (χ3n) is 3.71. The zero-order valence-corrected chi connectivity index (χ0v) is 13.5. The van der Waals surface area contributed by atoms with Crippen LogP contribution >= 0.6 is 12.2 Å². The number of ether oxygens (including phenoxy) is 1.